The summed E-state index contributed by atoms with van der Waals surface area (Å²) in [5.41, 5.74) is 1.27. The van der Waals surface area contributed by atoms with Crippen LogP contribution in [0.25, 0.3) is 10.9 Å². The van der Waals surface area contributed by atoms with Gasteiger partial charge >= 0.3 is 0 Å². The summed E-state index contributed by atoms with van der Waals surface area (Å²) in [5.74, 6) is 1.18. The monoisotopic (exact) mass is 393 g/mol. The van der Waals surface area contributed by atoms with E-state index in [1.807, 2.05) is 38.1 Å². The second-order valence-electron chi connectivity index (χ2n) is 7.68. The van der Waals surface area contributed by atoms with Crippen LogP contribution in [-0.2, 0) is 17.8 Å². The van der Waals surface area contributed by atoms with Crippen molar-refractivity contribution in [2.24, 2.45) is 0 Å². The van der Waals surface area contributed by atoms with E-state index in [-0.39, 0.29) is 23.6 Å². The van der Waals surface area contributed by atoms with Crippen molar-refractivity contribution in [2.45, 2.75) is 32.4 Å². The molecule has 7 heteroatoms. The first kappa shape index (κ1) is 19.0. The Hall–Kier alpha value is -3.35. The molecule has 2 aromatic carbocycles. The number of nitrogens with zero attached hydrogens (tertiary/aromatic N) is 2. The lowest BCUT2D eigenvalue weighted by Crippen LogP contribution is -2.34. The molecule has 4 rings (SSSR count). The average molecular weight is 393 g/mol. The molecule has 1 aromatic heterocycles. The smallest absolute Gasteiger partial charge is 0.261 e. The first-order chi connectivity index (χ1) is 13.9. The lowest BCUT2D eigenvalue weighted by molar-refractivity contribution is -0.121. The zero-order valence-corrected chi connectivity index (χ0v) is 16.5. The molecule has 1 amide bonds. The molecule has 0 saturated heterocycles. The Labute approximate surface area is 168 Å². The van der Waals surface area contributed by atoms with Crippen LogP contribution in [-0.4, -0.2) is 34.2 Å². The van der Waals surface area contributed by atoms with Crippen molar-refractivity contribution < 1.29 is 14.3 Å². The van der Waals surface area contributed by atoms with E-state index >= 15 is 0 Å². The van der Waals surface area contributed by atoms with E-state index in [1.54, 1.807) is 18.2 Å². The summed E-state index contributed by atoms with van der Waals surface area (Å²) in [6, 6.07) is 12.9. The molecule has 0 aliphatic carbocycles. The number of carbonyl (C=O) groups excluding carboxylic acids is 1. The third-order valence-electron chi connectivity index (χ3n) is 4.78. The Morgan fingerprint density at radius 1 is 1.24 bits per heavy atom. The van der Waals surface area contributed by atoms with Gasteiger partial charge in [0.05, 0.1) is 23.8 Å². The van der Waals surface area contributed by atoms with Gasteiger partial charge in [-0.15, -0.1) is 0 Å². The Kier molecular flexibility index (Phi) is 4.96. The maximum absolute atomic E-state index is 12.4. The molecule has 29 heavy (non-hydrogen) atoms. The van der Waals surface area contributed by atoms with E-state index < -0.39 is 0 Å². The Morgan fingerprint density at radius 2 is 2.07 bits per heavy atom. The molecule has 1 N–H and O–H groups in total. The van der Waals surface area contributed by atoms with E-state index in [0.29, 0.717) is 29.8 Å². The zero-order chi connectivity index (χ0) is 20.4. The predicted molar refractivity (Wildman–Crippen MR) is 109 cm³/mol. The summed E-state index contributed by atoms with van der Waals surface area (Å²) in [6.45, 7) is 4.62. The first-order valence-electron chi connectivity index (χ1n) is 9.57. The molecule has 0 atom stereocenters. The fourth-order valence-corrected chi connectivity index (χ4v) is 3.48. The van der Waals surface area contributed by atoms with Gasteiger partial charge in [-0.2, -0.15) is 0 Å². The molecule has 0 unspecified atom stereocenters. The number of amides is 1. The van der Waals surface area contributed by atoms with Gasteiger partial charge in [-0.05, 0) is 32.0 Å². The fraction of sp³-hybridized carbons (Fsp3) is 0.318. The van der Waals surface area contributed by atoms with Crippen molar-refractivity contribution >= 4 is 16.8 Å². The van der Waals surface area contributed by atoms with Gasteiger partial charge in [-0.25, -0.2) is 4.98 Å². The summed E-state index contributed by atoms with van der Waals surface area (Å²) in [5, 5.41) is 3.26. The molecule has 0 spiro atoms. The van der Waals surface area contributed by atoms with Crippen molar-refractivity contribution in [3.63, 3.8) is 0 Å². The van der Waals surface area contributed by atoms with Crippen LogP contribution in [0.4, 0.5) is 0 Å². The maximum atomic E-state index is 12.4. The van der Waals surface area contributed by atoms with Gasteiger partial charge in [-0.3, -0.25) is 14.2 Å². The van der Waals surface area contributed by atoms with Gasteiger partial charge in [0, 0.05) is 12.0 Å². The van der Waals surface area contributed by atoms with Crippen LogP contribution >= 0.6 is 0 Å². The highest BCUT2D eigenvalue weighted by Gasteiger charge is 2.32. The zero-order valence-electron chi connectivity index (χ0n) is 16.5. The second-order valence-corrected chi connectivity index (χ2v) is 7.68. The van der Waals surface area contributed by atoms with Gasteiger partial charge in [0.15, 0.2) is 11.5 Å². The largest absolute Gasteiger partial charge is 0.488 e. The van der Waals surface area contributed by atoms with E-state index in [4.69, 9.17) is 9.47 Å². The van der Waals surface area contributed by atoms with Gasteiger partial charge in [0.2, 0.25) is 5.91 Å². The molecule has 7 nitrogen and oxygen atoms in total. The molecule has 3 aromatic rings. The molecule has 2 heterocycles. The summed E-state index contributed by atoms with van der Waals surface area (Å²) in [4.78, 5) is 28.9. The average Bonchev–Trinajstić information content (AvgIpc) is 3.02. The molecule has 150 valence electrons. The quantitative estimate of drug-likeness (QED) is 0.650. The van der Waals surface area contributed by atoms with Crippen LogP contribution in [0.1, 0.15) is 19.4 Å². The minimum absolute atomic E-state index is 0.0886. The number of rotatable bonds is 6. The van der Waals surface area contributed by atoms with Gasteiger partial charge < -0.3 is 14.8 Å². The van der Waals surface area contributed by atoms with E-state index in [0.717, 1.165) is 17.7 Å². The molecule has 0 fully saturated rings. The van der Waals surface area contributed by atoms with Crippen molar-refractivity contribution in [3.8, 4) is 11.5 Å². The van der Waals surface area contributed by atoms with Crippen LogP contribution in [0, 0.1) is 0 Å². The summed E-state index contributed by atoms with van der Waals surface area (Å²) >= 11 is 0. The molecule has 0 bridgehead atoms. The Bertz CT molecular complexity index is 1120. The van der Waals surface area contributed by atoms with Crippen LogP contribution < -0.4 is 20.3 Å². The summed E-state index contributed by atoms with van der Waals surface area (Å²) in [7, 11) is 0. The second kappa shape index (κ2) is 7.58. The molecule has 1 aliphatic rings. The fourth-order valence-electron chi connectivity index (χ4n) is 3.48. The number of fused-ring (bicyclic) bond motifs is 2. The first-order valence-corrected chi connectivity index (χ1v) is 9.57. The molecular weight excluding hydrogens is 370 g/mol. The minimum atomic E-state index is -0.275. The van der Waals surface area contributed by atoms with Crippen LogP contribution in [0.5, 0.6) is 11.5 Å². The third-order valence-corrected chi connectivity index (χ3v) is 4.78. The number of nitrogens with one attached hydrogen (secondary N) is 1. The SMILES string of the molecule is CC1(C)Cc2cccc(OCCNC(=O)Cn3cnc4ccccc4c3=O)c2O1. The summed E-state index contributed by atoms with van der Waals surface area (Å²) in [6.07, 6.45) is 2.23. The van der Waals surface area contributed by atoms with Crippen LogP contribution in [0.3, 0.4) is 0 Å². The maximum Gasteiger partial charge on any atom is 0.261 e. The van der Waals surface area contributed by atoms with Crippen molar-refractivity contribution in [3.05, 3.63) is 64.7 Å². The van der Waals surface area contributed by atoms with E-state index in [9.17, 15) is 9.59 Å². The van der Waals surface area contributed by atoms with Gasteiger partial charge in [0.25, 0.3) is 5.56 Å². The standard InChI is InChI=1S/C22H23N3O4/c1-22(2)12-15-6-5-9-18(20(15)29-22)28-11-10-23-19(26)13-25-14-24-17-8-4-3-7-16(17)21(25)27/h3-9,14H,10-13H2,1-2H3,(H,23,26). The van der Waals surface area contributed by atoms with Gasteiger partial charge in [-0.1, -0.05) is 24.3 Å². The highest BCUT2D eigenvalue weighted by molar-refractivity contribution is 5.78. The number of carbonyl (C=O) groups is 1. The highest BCUT2D eigenvalue weighted by atomic mass is 16.5. The normalized spacial score (nSPS) is 14.3. The van der Waals surface area contributed by atoms with Gasteiger partial charge in [0.1, 0.15) is 18.8 Å². The topological polar surface area (TPSA) is 82.5 Å². The minimum Gasteiger partial charge on any atom is -0.488 e. The highest BCUT2D eigenvalue weighted by Crippen LogP contribution is 2.41. The number of hydrogen-bond donors (Lipinski definition) is 1. The Balaban J connectivity index is 1.31. The third kappa shape index (κ3) is 4.08. The molecule has 1 aliphatic heterocycles. The molecule has 0 radical (unpaired) electrons. The predicted octanol–water partition coefficient (Wildman–Crippen LogP) is 2.31. The van der Waals surface area contributed by atoms with Crippen molar-refractivity contribution in [2.75, 3.05) is 13.2 Å². The molecular formula is C22H23N3O4. The van der Waals surface area contributed by atoms with Crippen molar-refractivity contribution in [1.82, 2.24) is 14.9 Å². The number of benzene rings is 2. The number of para-hydroxylation sites is 2. The lowest BCUT2D eigenvalue weighted by Gasteiger charge is -2.18. The van der Waals surface area contributed by atoms with E-state index in [1.165, 1.54) is 10.9 Å². The van der Waals surface area contributed by atoms with E-state index in [2.05, 4.69) is 10.3 Å². The number of hydrogen-bond acceptors (Lipinski definition) is 5. The van der Waals surface area contributed by atoms with Crippen LogP contribution in [0.2, 0.25) is 0 Å². The van der Waals surface area contributed by atoms with Crippen molar-refractivity contribution in [1.29, 1.82) is 0 Å². The lowest BCUT2D eigenvalue weighted by atomic mass is 10.0. The molecule has 0 saturated carbocycles. The number of ether oxygens (including phenoxy) is 2. The Morgan fingerprint density at radius 3 is 2.93 bits per heavy atom. The van der Waals surface area contributed by atoms with Crippen LogP contribution in [0.15, 0.2) is 53.6 Å². The summed E-state index contributed by atoms with van der Waals surface area (Å²) < 4.78 is 13.1. The number of aromatic nitrogens is 2.